The SMILES string of the molecule is CO[C@H]1[C@H](O[C@H]2[C@H](O[C@H]3CC[C@@]4(C)[C@H](C3)[C@@H](OC(=O)c3ccccc3)C[C@@H]3[C@@H]4CC[C@]4(C)[C@@H]5[C@H](C[C@@H]34)O[C@]3(CC[C@@H](C)CO3)[C@H]5C)O[C@H](COC(=O)c3ccccc3)[C@@H](O[C@@H]3O[C@@H](C)[C@H](OC(C)=O)[C@@H](OC(C)=O)[C@H]3OC)[C@@H]2OC(=O)c2ccccc2)O[C@@H](C)[C@H](OC(C)=O)[C@H]1OC(C)=O. The molecule has 3 aromatic carbocycles. The molecule has 0 bridgehead atoms. The third-order valence-corrected chi connectivity index (χ3v) is 23.5. The second-order valence-electron chi connectivity index (χ2n) is 29.6. The van der Waals surface area contributed by atoms with Gasteiger partial charge in [0.05, 0.1) is 47.7 Å². The van der Waals surface area contributed by atoms with Gasteiger partial charge in [0, 0.05) is 60.2 Å². The summed E-state index contributed by atoms with van der Waals surface area (Å²) in [6.45, 7) is 17.5. The molecule has 0 aromatic heterocycles. The van der Waals surface area contributed by atoms with E-state index in [1.807, 2.05) is 18.2 Å². The van der Waals surface area contributed by atoms with Crippen LogP contribution >= 0.6 is 0 Å². The molecule has 4 saturated carbocycles. The van der Waals surface area contributed by atoms with Crippen LogP contribution in [0.4, 0.5) is 0 Å². The molecular formula is C76H98O24. The number of fused-ring (bicyclic) bond motifs is 7. The van der Waals surface area contributed by atoms with Crippen molar-refractivity contribution in [3.63, 3.8) is 0 Å². The first kappa shape index (κ1) is 73.3. The minimum atomic E-state index is -1.71. The molecule has 12 rings (SSSR count). The van der Waals surface area contributed by atoms with E-state index in [4.69, 9.17) is 80.5 Å². The van der Waals surface area contributed by atoms with E-state index in [0.29, 0.717) is 49.7 Å². The first-order chi connectivity index (χ1) is 47.8. The summed E-state index contributed by atoms with van der Waals surface area (Å²) < 4.78 is 111. The Hall–Kier alpha value is -6.45. The highest BCUT2D eigenvalue weighted by atomic mass is 16.8. The fourth-order valence-electron chi connectivity index (χ4n) is 18.9. The lowest BCUT2D eigenvalue weighted by molar-refractivity contribution is -0.390. The van der Waals surface area contributed by atoms with Crippen molar-refractivity contribution in [3.8, 4) is 0 Å². The number of hydrogen-bond donors (Lipinski definition) is 0. The molecule has 5 saturated heterocycles. The summed E-state index contributed by atoms with van der Waals surface area (Å²) >= 11 is 0. The van der Waals surface area contributed by atoms with Gasteiger partial charge in [0.2, 0.25) is 0 Å². The Morgan fingerprint density at radius 1 is 0.470 bits per heavy atom. The molecule has 24 heteroatoms. The Bertz CT molecular complexity index is 3370. The van der Waals surface area contributed by atoms with E-state index in [1.54, 1.807) is 86.6 Å². The molecule has 546 valence electrons. The number of rotatable bonds is 19. The zero-order valence-electron chi connectivity index (χ0n) is 59.2. The minimum Gasteiger partial charge on any atom is -0.459 e. The zero-order chi connectivity index (χ0) is 71.1. The molecular weight excluding hydrogens is 1300 g/mol. The second-order valence-corrected chi connectivity index (χ2v) is 29.6. The Kier molecular flexibility index (Phi) is 22.3. The summed E-state index contributed by atoms with van der Waals surface area (Å²) in [5.74, 6) is -4.12. The molecule has 3 aromatic rings. The van der Waals surface area contributed by atoms with E-state index < -0.39 is 159 Å². The number of esters is 7. The summed E-state index contributed by atoms with van der Waals surface area (Å²) in [5.41, 5.74) is 0.300. The lowest BCUT2D eigenvalue weighted by Gasteiger charge is -2.63. The van der Waals surface area contributed by atoms with Crippen LogP contribution in [-0.2, 0) is 99.7 Å². The van der Waals surface area contributed by atoms with Crippen molar-refractivity contribution in [2.24, 2.45) is 52.3 Å². The van der Waals surface area contributed by atoms with Gasteiger partial charge in [0.15, 0.2) is 61.3 Å². The maximum absolute atomic E-state index is 15.1. The topological polar surface area (TPSA) is 276 Å². The zero-order valence-corrected chi connectivity index (χ0v) is 59.2. The van der Waals surface area contributed by atoms with E-state index >= 15 is 4.79 Å². The summed E-state index contributed by atoms with van der Waals surface area (Å²) in [4.78, 5) is 95.4. The minimum absolute atomic E-state index is 0.0380. The van der Waals surface area contributed by atoms with Gasteiger partial charge in [0.25, 0.3) is 0 Å². The molecule has 0 unspecified atom stereocenters. The van der Waals surface area contributed by atoms with E-state index in [2.05, 4.69) is 27.7 Å². The van der Waals surface area contributed by atoms with Crippen LogP contribution in [0.15, 0.2) is 91.0 Å². The standard InChI is InChI=1S/C76H98O24/c1-39-28-33-76(87-37-39)40(2)58-56(100-76)36-53-51-35-55(95-69(82)48-24-18-14-19-25-48)54-34-50(29-31-74(54,9)52(51)30-32-75(53,58)10)94-73-67(99-72-66(85-12)63(93-46(8)80)60(42(4)89-72)91-44(6)78)64(97-70(83)49-26-20-15-21-27-49)61(57(96-73)38-86-68(81)47-22-16-13-17-23-47)98-71-65(84-11)62(92-45(7)79)59(41(3)88-71)90-43(5)77/h13-27,39-42,50-67,71-73H,28-38H2,1-12H3/t39-,40+,41+,42+,50+,51-,52+,53+,54-,55+,56+,57-,58+,59+,60+,61-,62-,63-,64+,65-,66-,67-,71+,72+,73-,74-,75+,76-/m1/s1. The summed E-state index contributed by atoms with van der Waals surface area (Å²) in [6.07, 6.45) is -15.5. The third kappa shape index (κ3) is 14.8. The summed E-state index contributed by atoms with van der Waals surface area (Å²) in [7, 11) is 2.64. The van der Waals surface area contributed by atoms with Crippen LogP contribution in [0.3, 0.4) is 0 Å². The summed E-state index contributed by atoms with van der Waals surface area (Å²) in [5, 5.41) is 0. The molecule has 28 atom stereocenters. The van der Waals surface area contributed by atoms with Crippen LogP contribution in [0.5, 0.6) is 0 Å². The second kappa shape index (κ2) is 30.5. The van der Waals surface area contributed by atoms with Crippen molar-refractivity contribution in [2.45, 2.75) is 243 Å². The smallest absolute Gasteiger partial charge is 0.338 e. The van der Waals surface area contributed by atoms with Crippen LogP contribution in [0.2, 0.25) is 0 Å². The van der Waals surface area contributed by atoms with Gasteiger partial charge in [-0.1, -0.05) is 82.3 Å². The molecule has 1 spiro atoms. The normalized spacial score (nSPS) is 41.1. The molecule has 0 N–H and O–H groups in total. The lowest BCUT2D eigenvalue weighted by atomic mass is 9.43. The molecule has 9 aliphatic rings. The predicted molar refractivity (Wildman–Crippen MR) is 351 cm³/mol. The van der Waals surface area contributed by atoms with Crippen LogP contribution in [-0.4, -0.2) is 185 Å². The average molecular weight is 1400 g/mol. The molecule has 5 heterocycles. The van der Waals surface area contributed by atoms with E-state index in [9.17, 15) is 28.8 Å². The number of hydrogen-bond acceptors (Lipinski definition) is 24. The highest BCUT2D eigenvalue weighted by Crippen LogP contribution is 2.72. The summed E-state index contributed by atoms with van der Waals surface area (Å²) in [6, 6.07) is 25.4. The number of ether oxygens (including phenoxy) is 17. The van der Waals surface area contributed by atoms with Crippen LogP contribution in [0.1, 0.15) is 158 Å². The number of benzene rings is 3. The van der Waals surface area contributed by atoms with Gasteiger partial charge in [0.1, 0.15) is 37.1 Å². The monoisotopic (exact) mass is 1390 g/mol. The van der Waals surface area contributed by atoms with Gasteiger partial charge in [-0.3, -0.25) is 19.2 Å². The van der Waals surface area contributed by atoms with Crippen molar-refractivity contribution in [3.05, 3.63) is 108 Å². The number of carbonyl (C=O) groups excluding carboxylic acids is 7. The van der Waals surface area contributed by atoms with Crippen LogP contribution < -0.4 is 0 Å². The Labute approximate surface area is 584 Å². The average Bonchev–Trinajstić information content (AvgIpc) is 1.47. The van der Waals surface area contributed by atoms with Gasteiger partial charge in [-0.2, -0.15) is 0 Å². The van der Waals surface area contributed by atoms with Gasteiger partial charge >= 0.3 is 41.8 Å². The van der Waals surface area contributed by atoms with E-state index in [-0.39, 0.29) is 57.7 Å². The molecule has 100 heavy (non-hydrogen) atoms. The molecule has 5 aliphatic heterocycles. The number of carbonyl (C=O) groups is 7. The van der Waals surface area contributed by atoms with Crippen molar-refractivity contribution < 1.29 is 114 Å². The van der Waals surface area contributed by atoms with Gasteiger partial charge in [-0.15, -0.1) is 0 Å². The predicted octanol–water partition coefficient (Wildman–Crippen LogP) is 9.48. The maximum atomic E-state index is 15.1. The maximum Gasteiger partial charge on any atom is 0.338 e. The Morgan fingerprint density at radius 3 is 1.48 bits per heavy atom. The van der Waals surface area contributed by atoms with Crippen molar-refractivity contribution in [2.75, 3.05) is 27.4 Å². The molecule has 0 radical (unpaired) electrons. The van der Waals surface area contributed by atoms with E-state index in [1.165, 1.54) is 41.9 Å². The Morgan fingerprint density at radius 2 is 0.960 bits per heavy atom. The first-order valence-corrected chi connectivity index (χ1v) is 35.6. The Balaban J connectivity index is 0.939. The highest BCUT2D eigenvalue weighted by Gasteiger charge is 2.71. The van der Waals surface area contributed by atoms with Crippen molar-refractivity contribution in [1.82, 2.24) is 0 Å². The first-order valence-electron chi connectivity index (χ1n) is 35.6. The third-order valence-electron chi connectivity index (χ3n) is 23.5. The van der Waals surface area contributed by atoms with Crippen LogP contribution in [0.25, 0.3) is 0 Å². The van der Waals surface area contributed by atoms with Gasteiger partial charge in [-0.25, -0.2) is 14.4 Å². The van der Waals surface area contributed by atoms with Crippen LogP contribution in [0, 0.1) is 52.3 Å². The molecule has 4 aliphatic carbocycles. The van der Waals surface area contributed by atoms with Crippen molar-refractivity contribution >= 4 is 41.8 Å². The van der Waals surface area contributed by atoms with Gasteiger partial charge in [-0.05, 0) is 142 Å². The molecule has 24 nitrogen and oxygen atoms in total. The van der Waals surface area contributed by atoms with Crippen molar-refractivity contribution in [1.29, 1.82) is 0 Å². The fourth-order valence-corrected chi connectivity index (χ4v) is 18.9. The molecule has 9 fully saturated rings. The number of methoxy groups -OCH3 is 2. The molecule has 0 amide bonds. The highest BCUT2D eigenvalue weighted by molar-refractivity contribution is 5.90. The van der Waals surface area contributed by atoms with E-state index in [0.717, 1.165) is 32.1 Å². The quantitative estimate of drug-likeness (QED) is 0.0613. The fraction of sp³-hybridized carbons (Fsp3) is 0.671. The van der Waals surface area contributed by atoms with Gasteiger partial charge < -0.3 is 80.5 Å². The lowest BCUT2D eigenvalue weighted by Crippen LogP contribution is -2.68. The largest absolute Gasteiger partial charge is 0.459 e.